The van der Waals surface area contributed by atoms with Crippen LogP contribution in [0.2, 0.25) is 0 Å². The van der Waals surface area contributed by atoms with Crippen molar-refractivity contribution in [2.75, 3.05) is 17.2 Å². The summed E-state index contributed by atoms with van der Waals surface area (Å²) in [6.45, 7) is 4.41. The van der Waals surface area contributed by atoms with Crippen molar-refractivity contribution in [1.29, 1.82) is 0 Å². The third-order valence-corrected chi connectivity index (χ3v) is 4.81. The van der Waals surface area contributed by atoms with Crippen LogP contribution in [0.25, 0.3) is 0 Å². The summed E-state index contributed by atoms with van der Waals surface area (Å²) in [6, 6.07) is 6.03. The molecule has 0 radical (unpaired) electrons. The largest absolute Gasteiger partial charge is 0.360 e. The second kappa shape index (κ2) is 7.88. The minimum atomic E-state index is -0.527. The van der Waals surface area contributed by atoms with Crippen LogP contribution in [0.5, 0.6) is 0 Å². The van der Waals surface area contributed by atoms with Crippen molar-refractivity contribution in [3.8, 4) is 0 Å². The first-order valence-electron chi connectivity index (χ1n) is 6.79. The lowest BCUT2D eigenvalue weighted by Gasteiger charge is -2.10. The van der Waals surface area contributed by atoms with Crippen LogP contribution in [0, 0.1) is 10.1 Å². The molecule has 0 saturated carbocycles. The van der Waals surface area contributed by atoms with E-state index < -0.39 is 10.2 Å². The molecule has 1 amide bonds. The Labute approximate surface area is 140 Å². The van der Waals surface area contributed by atoms with E-state index in [0.717, 1.165) is 6.54 Å². The van der Waals surface area contributed by atoms with E-state index in [9.17, 15) is 14.9 Å². The van der Waals surface area contributed by atoms with Gasteiger partial charge in [-0.25, -0.2) is 0 Å². The Balaban J connectivity index is 2.01. The van der Waals surface area contributed by atoms with Crippen molar-refractivity contribution in [3.05, 3.63) is 34.4 Å². The predicted octanol–water partition coefficient (Wildman–Crippen LogP) is 3.00. The molecule has 0 aliphatic heterocycles. The van der Waals surface area contributed by atoms with Gasteiger partial charge in [0.2, 0.25) is 11.0 Å². The topological polar surface area (TPSA) is 110 Å². The van der Waals surface area contributed by atoms with Crippen molar-refractivity contribution in [1.82, 2.24) is 10.2 Å². The zero-order valence-corrected chi connectivity index (χ0v) is 14.1. The molecule has 0 fully saturated rings. The van der Waals surface area contributed by atoms with Crippen molar-refractivity contribution in [3.63, 3.8) is 0 Å². The van der Waals surface area contributed by atoms with Gasteiger partial charge in [-0.1, -0.05) is 35.2 Å². The Kier molecular flexibility index (Phi) is 5.88. The first-order valence-corrected chi connectivity index (χ1v) is 8.49. The van der Waals surface area contributed by atoms with E-state index in [1.165, 1.54) is 35.2 Å². The molecular weight excluding hydrogens is 338 g/mol. The van der Waals surface area contributed by atoms with Gasteiger partial charge in [0.25, 0.3) is 5.69 Å². The maximum absolute atomic E-state index is 12.2. The molecular formula is C13H15N5O3S2. The van der Waals surface area contributed by atoms with E-state index in [1.54, 1.807) is 19.1 Å². The van der Waals surface area contributed by atoms with Gasteiger partial charge >= 0.3 is 0 Å². The maximum atomic E-state index is 12.2. The van der Waals surface area contributed by atoms with Crippen LogP contribution in [0.1, 0.15) is 13.8 Å². The van der Waals surface area contributed by atoms with Crippen LogP contribution < -0.4 is 10.6 Å². The van der Waals surface area contributed by atoms with Crippen LogP contribution in [0.4, 0.5) is 16.5 Å². The number of hydrogen-bond donors (Lipinski definition) is 2. The second-order valence-electron chi connectivity index (χ2n) is 4.43. The first kappa shape index (κ1) is 17.2. The maximum Gasteiger partial charge on any atom is 0.292 e. The van der Waals surface area contributed by atoms with E-state index >= 15 is 0 Å². The number of rotatable bonds is 7. The molecule has 0 bridgehead atoms. The molecule has 0 unspecified atom stereocenters. The smallest absolute Gasteiger partial charge is 0.292 e. The van der Waals surface area contributed by atoms with Crippen LogP contribution in [0.15, 0.2) is 28.6 Å². The quantitative estimate of drug-likeness (QED) is 0.447. The molecule has 8 nitrogen and oxygen atoms in total. The number of amides is 1. The summed E-state index contributed by atoms with van der Waals surface area (Å²) in [5.74, 6) is -0.329. The van der Waals surface area contributed by atoms with Crippen molar-refractivity contribution >= 4 is 45.5 Å². The molecule has 1 aromatic heterocycles. The number of aromatic nitrogens is 2. The minimum Gasteiger partial charge on any atom is -0.360 e. The molecule has 0 spiro atoms. The molecule has 2 N–H and O–H groups in total. The fraction of sp³-hybridized carbons (Fsp3) is 0.308. The second-order valence-corrected chi connectivity index (χ2v) is 6.99. The third kappa shape index (κ3) is 4.63. The summed E-state index contributed by atoms with van der Waals surface area (Å²) in [5, 5.41) is 24.8. The highest BCUT2D eigenvalue weighted by Gasteiger charge is 2.20. The van der Waals surface area contributed by atoms with Gasteiger partial charge in [0, 0.05) is 12.6 Å². The zero-order chi connectivity index (χ0) is 16.8. The predicted molar refractivity (Wildman–Crippen MR) is 91.1 cm³/mol. The van der Waals surface area contributed by atoms with E-state index in [2.05, 4.69) is 20.8 Å². The molecule has 0 aliphatic carbocycles. The molecule has 0 aliphatic rings. The molecule has 1 heterocycles. The highest BCUT2D eigenvalue weighted by molar-refractivity contribution is 8.02. The average molecular weight is 353 g/mol. The lowest BCUT2D eigenvalue weighted by Crippen LogP contribution is -2.22. The van der Waals surface area contributed by atoms with Gasteiger partial charge in [0.1, 0.15) is 5.69 Å². The molecule has 0 saturated heterocycles. The normalized spacial score (nSPS) is 11.7. The van der Waals surface area contributed by atoms with Crippen molar-refractivity contribution in [2.45, 2.75) is 23.4 Å². The average Bonchev–Trinajstić information content (AvgIpc) is 2.95. The molecule has 1 atom stereocenters. The molecule has 122 valence electrons. The zero-order valence-electron chi connectivity index (χ0n) is 12.5. The Morgan fingerprint density at radius 1 is 1.43 bits per heavy atom. The minimum absolute atomic E-state index is 0.136. The van der Waals surface area contributed by atoms with Crippen molar-refractivity contribution < 1.29 is 9.72 Å². The fourth-order valence-corrected chi connectivity index (χ4v) is 3.62. The monoisotopic (exact) mass is 353 g/mol. The lowest BCUT2D eigenvalue weighted by molar-refractivity contribution is -0.383. The van der Waals surface area contributed by atoms with E-state index in [-0.39, 0.29) is 17.3 Å². The van der Waals surface area contributed by atoms with Crippen LogP contribution in [0.3, 0.4) is 0 Å². The summed E-state index contributed by atoms with van der Waals surface area (Å²) >= 11 is 2.61. The molecule has 1 aromatic carbocycles. The van der Waals surface area contributed by atoms with Gasteiger partial charge in [-0.2, -0.15) is 0 Å². The number of nitro benzene ring substituents is 1. The SMILES string of the molecule is CCNc1nnc(S[C@@H](C)C(=O)Nc2ccccc2[N+](=O)[O-])s1. The summed E-state index contributed by atoms with van der Waals surface area (Å²) in [7, 11) is 0. The van der Waals surface area contributed by atoms with Crippen LogP contribution in [-0.4, -0.2) is 32.8 Å². The highest BCUT2D eigenvalue weighted by atomic mass is 32.2. The first-order chi connectivity index (χ1) is 11.0. The molecule has 2 aromatic rings. The number of nitro groups is 1. The Morgan fingerprint density at radius 2 is 2.17 bits per heavy atom. The standard InChI is InChI=1S/C13H15N5O3S2/c1-3-14-12-16-17-13(23-12)22-8(2)11(19)15-9-6-4-5-7-10(9)18(20)21/h4-8H,3H2,1-2H3,(H,14,16)(H,15,19)/t8-/m0/s1. The summed E-state index contributed by atoms with van der Waals surface area (Å²) in [6.07, 6.45) is 0. The van der Waals surface area contributed by atoms with Gasteiger partial charge in [-0.05, 0) is 19.9 Å². The van der Waals surface area contributed by atoms with E-state index in [0.29, 0.717) is 9.47 Å². The number of para-hydroxylation sites is 2. The number of benzene rings is 1. The van der Waals surface area contributed by atoms with Gasteiger partial charge in [0.15, 0.2) is 4.34 Å². The fourth-order valence-electron chi connectivity index (χ4n) is 1.66. The Hall–Kier alpha value is -2.20. The number of nitrogens with zero attached hydrogens (tertiary/aromatic N) is 3. The van der Waals surface area contributed by atoms with Gasteiger partial charge in [-0.3, -0.25) is 14.9 Å². The lowest BCUT2D eigenvalue weighted by atomic mass is 10.2. The number of thioether (sulfide) groups is 1. The van der Waals surface area contributed by atoms with E-state index in [4.69, 9.17) is 0 Å². The van der Waals surface area contributed by atoms with E-state index in [1.807, 2.05) is 6.92 Å². The summed E-state index contributed by atoms with van der Waals surface area (Å²) < 4.78 is 0.658. The van der Waals surface area contributed by atoms with Crippen molar-refractivity contribution in [2.24, 2.45) is 0 Å². The number of hydrogen-bond acceptors (Lipinski definition) is 8. The van der Waals surface area contributed by atoms with Gasteiger partial charge in [0.05, 0.1) is 10.2 Å². The Morgan fingerprint density at radius 3 is 2.87 bits per heavy atom. The molecule has 10 heteroatoms. The van der Waals surface area contributed by atoms with Gasteiger partial charge < -0.3 is 10.6 Å². The van der Waals surface area contributed by atoms with Crippen LogP contribution >= 0.6 is 23.1 Å². The molecule has 23 heavy (non-hydrogen) atoms. The number of anilines is 2. The number of nitrogens with one attached hydrogen (secondary N) is 2. The van der Waals surface area contributed by atoms with Crippen LogP contribution in [-0.2, 0) is 4.79 Å². The highest BCUT2D eigenvalue weighted by Crippen LogP contribution is 2.30. The Bertz CT molecular complexity index is 706. The third-order valence-electron chi connectivity index (χ3n) is 2.74. The number of carbonyl (C=O) groups is 1. The summed E-state index contributed by atoms with van der Waals surface area (Å²) in [5.41, 5.74) is 0.0453. The van der Waals surface area contributed by atoms with Gasteiger partial charge in [-0.15, -0.1) is 10.2 Å². The summed E-state index contributed by atoms with van der Waals surface area (Å²) in [4.78, 5) is 22.6. The molecule has 2 rings (SSSR count). The number of carbonyl (C=O) groups excluding carboxylic acids is 1.